The molecule has 1 amide bonds. The highest BCUT2D eigenvalue weighted by Gasteiger charge is 2.42. The summed E-state index contributed by atoms with van der Waals surface area (Å²) in [5, 5.41) is 14.0. The first-order valence-electron chi connectivity index (χ1n) is 7.16. The first kappa shape index (κ1) is 13.6. The van der Waals surface area contributed by atoms with Gasteiger partial charge in [0.2, 0.25) is 0 Å². The highest BCUT2D eigenvalue weighted by molar-refractivity contribution is 6.08. The molecule has 2 aromatic carbocycles. The molecule has 1 fully saturated rings. The SMILES string of the molecule is O=C(NC1(C(=O)O)CCCC1)c1cccc2ccccc12. The Hall–Kier alpha value is -2.36. The fourth-order valence-corrected chi connectivity index (χ4v) is 3.08. The second kappa shape index (κ2) is 5.20. The van der Waals surface area contributed by atoms with Crippen molar-refractivity contribution in [1.29, 1.82) is 0 Å². The van der Waals surface area contributed by atoms with Crippen molar-refractivity contribution >= 4 is 22.6 Å². The summed E-state index contributed by atoms with van der Waals surface area (Å²) in [5.41, 5.74) is -0.575. The quantitative estimate of drug-likeness (QED) is 0.910. The Morgan fingerprint density at radius 3 is 2.38 bits per heavy atom. The number of nitrogens with one attached hydrogen (secondary N) is 1. The lowest BCUT2D eigenvalue weighted by atomic mass is 9.96. The zero-order valence-corrected chi connectivity index (χ0v) is 11.6. The van der Waals surface area contributed by atoms with Gasteiger partial charge in [0, 0.05) is 5.56 Å². The largest absolute Gasteiger partial charge is 0.480 e. The molecule has 1 aliphatic carbocycles. The lowest BCUT2D eigenvalue weighted by molar-refractivity contribution is -0.144. The molecule has 0 bridgehead atoms. The second-order valence-corrected chi connectivity index (χ2v) is 5.58. The Labute approximate surface area is 122 Å². The number of fused-ring (bicyclic) bond motifs is 1. The second-order valence-electron chi connectivity index (χ2n) is 5.58. The van der Waals surface area contributed by atoms with Crippen LogP contribution in [0.5, 0.6) is 0 Å². The van der Waals surface area contributed by atoms with E-state index in [-0.39, 0.29) is 5.91 Å². The number of carboxylic acid groups (broad SMARTS) is 1. The molecule has 0 radical (unpaired) electrons. The molecule has 1 aliphatic rings. The van der Waals surface area contributed by atoms with Crippen molar-refractivity contribution in [3.8, 4) is 0 Å². The van der Waals surface area contributed by atoms with E-state index >= 15 is 0 Å². The first-order chi connectivity index (χ1) is 10.1. The normalized spacial score (nSPS) is 16.8. The molecule has 108 valence electrons. The molecule has 4 heteroatoms. The van der Waals surface area contributed by atoms with Crippen LogP contribution in [0.4, 0.5) is 0 Å². The standard InChI is InChI=1S/C17H17NO3/c19-15(18-17(16(20)21)10-3-4-11-17)14-9-5-7-12-6-1-2-8-13(12)14/h1-2,5-9H,3-4,10-11H2,(H,18,19)(H,20,21). The summed E-state index contributed by atoms with van der Waals surface area (Å²) in [6.45, 7) is 0. The van der Waals surface area contributed by atoms with Gasteiger partial charge >= 0.3 is 5.97 Å². The lowest BCUT2D eigenvalue weighted by Crippen LogP contribution is -2.52. The van der Waals surface area contributed by atoms with Gasteiger partial charge in [0.25, 0.3) is 5.91 Å². The molecule has 2 aromatic rings. The van der Waals surface area contributed by atoms with Crippen LogP contribution in [-0.2, 0) is 4.79 Å². The summed E-state index contributed by atoms with van der Waals surface area (Å²) in [7, 11) is 0. The molecular weight excluding hydrogens is 266 g/mol. The van der Waals surface area contributed by atoms with Crippen LogP contribution in [-0.4, -0.2) is 22.5 Å². The van der Waals surface area contributed by atoms with Gasteiger partial charge in [-0.15, -0.1) is 0 Å². The Bertz CT molecular complexity index is 697. The van der Waals surface area contributed by atoms with Crippen LogP contribution in [0.3, 0.4) is 0 Å². The molecule has 2 N–H and O–H groups in total. The topological polar surface area (TPSA) is 66.4 Å². The fraction of sp³-hybridized carbons (Fsp3) is 0.294. The van der Waals surface area contributed by atoms with E-state index in [1.54, 1.807) is 6.07 Å². The van der Waals surface area contributed by atoms with Gasteiger partial charge in [0.15, 0.2) is 0 Å². The molecule has 0 aromatic heterocycles. The fourth-order valence-electron chi connectivity index (χ4n) is 3.08. The average Bonchev–Trinajstić information content (AvgIpc) is 2.96. The Morgan fingerprint density at radius 2 is 1.67 bits per heavy atom. The highest BCUT2D eigenvalue weighted by atomic mass is 16.4. The summed E-state index contributed by atoms with van der Waals surface area (Å²) in [6.07, 6.45) is 2.67. The van der Waals surface area contributed by atoms with Gasteiger partial charge in [-0.25, -0.2) is 4.79 Å². The van der Waals surface area contributed by atoms with Crippen molar-refractivity contribution in [1.82, 2.24) is 5.32 Å². The Kier molecular flexibility index (Phi) is 3.37. The smallest absolute Gasteiger partial charge is 0.329 e. The first-order valence-corrected chi connectivity index (χ1v) is 7.16. The minimum atomic E-state index is -1.10. The van der Waals surface area contributed by atoms with E-state index in [0.29, 0.717) is 18.4 Å². The molecule has 0 saturated heterocycles. The van der Waals surface area contributed by atoms with Crippen molar-refractivity contribution in [2.45, 2.75) is 31.2 Å². The van der Waals surface area contributed by atoms with E-state index in [1.807, 2.05) is 36.4 Å². The number of carboxylic acids is 1. The number of rotatable bonds is 3. The molecule has 0 spiro atoms. The number of hydrogen-bond acceptors (Lipinski definition) is 2. The summed E-state index contributed by atoms with van der Waals surface area (Å²) < 4.78 is 0. The zero-order chi connectivity index (χ0) is 14.9. The molecule has 0 atom stereocenters. The van der Waals surface area contributed by atoms with Crippen LogP contribution in [0.15, 0.2) is 42.5 Å². The van der Waals surface area contributed by atoms with Gasteiger partial charge in [-0.1, -0.05) is 49.2 Å². The average molecular weight is 283 g/mol. The summed E-state index contributed by atoms with van der Waals surface area (Å²) in [4.78, 5) is 24.1. The lowest BCUT2D eigenvalue weighted by Gasteiger charge is -2.25. The predicted octanol–water partition coefficient (Wildman–Crippen LogP) is 2.97. The number of carbonyl (C=O) groups excluding carboxylic acids is 1. The van der Waals surface area contributed by atoms with Crippen LogP contribution in [0.1, 0.15) is 36.0 Å². The maximum absolute atomic E-state index is 12.5. The van der Waals surface area contributed by atoms with Crippen molar-refractivity contribution in [3.05, 3.63) is 48.0 Å². The van der Waals surface area contributed by atoms with E-state index in [9.17, 15) is 14.7 Å². The van der Waals surface area contributed by atoms with Crippen molar-refractivity contribution in [2.24, 2.45) is 0 Å². The number of hydrogen-bond donors (Lipinski definition) is 2. The maximum Gasteiger partial charge on any atom is 0.329 e. The van der Waals surface area contributed by atoms with Gasteiger partial charge in [-0.2, -0.15) is 0 Å². The Morgan fingerprint density at radius 1 is 1.00 bits per heavy atom. The molecule has 0 aliphatic heterocycles. The van der Waals surface area contributed by atoms with Gasteiger partial charge in [-0.05, 0) is 29.7 Å². The summed E-state index contributed by atoms with van der Waals surface area (Å²) in [5.74, 6) is -1.25. The van der Waals surface area contributed by atoms with Gasteiger partial charge in [0.05, 0.1) is 0 Å². The van der Waals surface area contributed by atoms with Crippen molar-refractivity contribution in [2.75, 3.05) is 0 Å². The molecule has 1 saturated carbocycles. The van der Waals surface area contributed by atoms with Crippen LogP contribution in [0.25, 0.3) is 10.8 Å². The third-order valence-corrected chi connectivity index (χ3v) is 4.25. The number of benzene rings is 2. The minimum Gasteiger partial charge on any atom is -0.480 e. The van der Waals surface area contributed by atoms with Gasteiger partial charge in [0.1, 0.15) is 5.54 Å². The van der Waals surface area contributed by atoms with E-state index in [4.69, 9.17) is 0 Å². The van der Waals surface area contributed by atoms with Crippen LogP contribution >= 0.6 is 0 Å². The van der Waals surface area contributed by atoms with E-state index < -0.39 is 11.5 Å². The number of aliphatic carboxylic acids is 1. The molecule has 3 rings (SSSR count). The Balaban J connectivity index is 1.96. The van der Waals surface area contributed by atoms with Gasteiger partial charge in [-0.3, -0.25) is 4.79 Å². The molecule has 0 unspecified atom stereocenters. The van der Waals surface area contributed by atoms with Crippen LogP contribution in [0, 0.1) is 0 Å². The minimum absolute atomic E-state index is 0.309. The van der Waals surface area contributed by atoms with Crippen molar-refractivity contribution < 1.29 is 14.7 Å². The third-order valence-electron chi connectivity index (χ3n) is 4.25. The predicted molar refractivity (Wildman–Crippen MR) is 80.2 cm³/mol. The van der Waals surface area contributed by atoms with Crippen LogP contribution in [0.2, 0.25) is 0 Å². The summed E-state index contributed by atoms with van der Waals surface area (Å²) in [6, 6.07) is 13.1. The third kappa shape index (κ3) is 2.37. The number of carbonyl (C=O) groups is 2. The van der Waals surface area contributed by atoms with E-state index in [1.165, 1.54) is 0 Å². The van der Waals surface area contributed by atoms with Gasteiger partial charge < -0.3 is 10.4 Å². The van der Waals surface area contributed by atoms with E-state index in [2.05, 4.69) is 5.32 Å². The zero-order valence-electron chi connectivity index (χ0n) is 11.6. The summed E-state index contributed by atoms with van der Waals surface area (Å²) >= 11 is 0. The molecule has 21 heavy (non-hydrogen) atoms. The highest BCUT2D eigenvalue weighted by Crippen LogP contribution is 2.30. The number of amides is 1. The molecule has 4 nitrogen and oxygen atoms in total. The molecular formula is C17H17NO3. The van der Waals surface area contributed by atoms with Crippen LogP contribution < -0.4 is 5.32 Å². The molecule has 0 heterocycles. The monoisotopic (exact) mass is 283 g/mol. The van der Waals surface area contributed by atoms with Crippen molar-refractivity contribution in [3.63, 3.8) is 0 Å². The van der Waals surface area contributed by atoms with E-state index in [0.717, 1.165) is 23.6 Å². The maximum atomic E-state index is 12.5.